The average molecular weight is 548 g/mol. The zero-order chi connectivity index (χ0) is 28.0. The minimum Gasteiger partial charge on any atom is -0.497 e. The fourth-order valence-corrected chi connectivity index (χ4v) is 5.19. The maximum absolute atomic E-state index is 13.7. The van der Waals surface area contributed by atoms with Crippen LogP contribution in [0.25, 0.3) is 21.9 Å². The average Bonchev–Trinajstić information content (AvgIpc) is 3.59. The van der Waals surface area contributed by atoms with Crippen molar-refractivity contribution in [2.24, 2.45) is 0 Å². The Labute approximate surface area is 226 Å². The molecule has 204 valence electrons. The van der Waals surface area contributed by atoms with Gasteiger partial charge in [0.05, 0.1) is 30.1 Å². The predicted octanol–water partition coefficient (Wildman–Crippen LogP) is 5.70. The molecule has 1 aliphatic rings. The van der Waals surface area contributed by atoms with Gasteiger partial charge in [0.1, 0.15) is 11.8 Å². The highest BCUT2D eigenvalue weighted by Crippen LogP contribution is 2.37. The SMILES string of the molecule is COc1ccc2[nH]cc(CCN3C(=O)C(CC(=O)Nc4cccc(C(F)(F)F)c4)n4c3nc3ccccc34)c2c1. The highest BCUT2D eigenvalue weighted by Gasteiger charge is 2.41. The zero-order valence-electron chi connectivity index (χ0n) is 21.3. The van der Waals surface area contributed by atoms with Gasteiger partial charge in [-0.2, -0.15) is 13.2 Å². The number of aromatic amines is 1. The molecule has 0 saturated carbocycles. The number of hydrogen-bond donors (Lipinski definition) is 2. The van der Waals surface area contributed by atoms with Gasteiger partial charge in [-0.05, 0) is 60.5 Å². The Morgan fingerprint density at radius 1 is 1.10 bits per heavy atom. The van der Waals surface area contributed by atoms with Crippen LogP contribution in [-0.2, 0) is 22.2 Å². The van der Waals surface area contributed by atoms with Crippen molar-refractivity contribution in [3.05, 3.63) is 84.1 Å². The molecule has 1 atom stereocenters. The van der Waals surface area contributed by atoms with Gasteiger partial charge in [0, 0.05) is 29.3 Å². The van der Waals surface area contributed by atoms with Gasteiger partial charge in [-0.3, -0.25) is 19.1 Å². The molecule has 0 spiro atoms. The van der Waals surface area contributed by atoms with Crippen molar-refractivity contribution in [2.45, 2.75) is 25.1 Å². The van der Waals surface area contributed by atoms with Gasteiger partial charge < -0.3 is 15.0 Å². The molecule has 0 fully saturated rings. The number of nitrogens with zero attached hydrogens (tertiary/aromatic N) is 3. The van der Waals surface area contributed by atoms with Gasteiger partial charge in [-0.25, -0.2) is 4.98 Å². The Balaban J connectivity index is 1.26. The van der Waals surface area contributed by atoms with Crippen LogP contribution in [0.4, 0.5) is 24.8 Å². The first-order valence-electron chi connectivity index (χ1n) is 12.6. The zero-order valence-corrected chi connectivity index (χ0v) is 21.3. The number of rotatable bonds is 7. The summed E-state index contributed by atoms with van der Waals surface area (Å²) in [5.41, 5.74) is 2.45. The fourth-order valence-electron chi connectivity index (χ4n) is 5.19. The summed E-state index contributed by atoms with van der Waals surface area (Å²) in [6.07, 6.45) is -2.38. The first kappa shape index (κ1) is 25.5. The molecule has 0 aliphatic carbocycles. The van der Waals surface area contributed by atoms with Gasteiger partial charge >= 0.3 is 6.18 Å². The number of carbonyl (C=O) groups excluding carboxylic acids is 2. The van der Waals surface area contributed by atoms with E-state index in [0.29, 0.717) is 29.9 Å². The molecule has 40 heavy (non-hydrogen) atoms. The molecular formula is C29H24F3N5O3. The fraction of sp³-hybridized carbons (Fsp3) is 0.207. The quantitative estimate of drug-likeness (QED) is 0.273. The number of aromatic nitrogens is 3. The number of anilines is 2. The predicted molar refractivity (Wildman–Crippen MR) is 144 cm³/mol. The largest absolute Gasteiger partial charge is 0.497 e. The topological polar surface area (TPSA) is 92.2 Å². The molecular weight excluding hydrogens is 523 g/mol. The molecule has 3 aromatic carbocycles. The minimum atomic E-state index is -4.54. The molecule has 0 radical (unpaired) electrons. The summed E-state index contributed by atoms with van der Waals surface area (Å²) < 4.78 is 46.5. The van der Waals surface area contributed by atoms with Gasteiger partial charge in [-0.1, -0.05) is 18.2 Å². The van der Waals surface area contributed by atoms with Gasteiger partial charge in [-0.15, -0.1) is 0 Å². The lowest BCUT2D eigenvalue weighted by Gasteiger charge is -2.16. The third-order valence-corrected chi connectivity index (χ3v) is 7.11. The number of halogens is 3. The third kappa shape index (κ3) is 4.53. The Morgan fingerprint density at radius 3 is 2.73 bits per heavy atom. The number of ether oxygens (including phenoxy) is 1. The van der Waals surface area contributed by atoms with E-state index < -0.39 is 23.7 Å². The summed E-state index contributed by atoms with van der Waals surface area (Å²) in [4.78, 5) is 36.1. The molecule has 0 bridgehead atoms. The monoisotopic (exact) mass is 547 g/mol. The second-order valence-electron chi connectivity index (χ2n) is 9.58. The first-order chi connectivity index (χ1) is 19.2. The third-order valence-electron chi connectivity index (χ3n) is 7.11. The molecule has 2 aromatic heterocycles. The van der Waals surface area contributed by atoms with Crippen molar-refractivity contribution in [2.75, 3.05) is 23.9 Å². The van der Waals surface area contributed by atoms with Crippen molar-refractivity contribution < 1.29 is 27.5 Å². The van der Waals surface area contributed by atoms with Crippen molar-refractivity contribution in [1.82, 2.24) is 14.5 Å². The number of methoxy groups -OCH3 is 1. The van der Waals surface area contributed by atoms with Crippen LogP contribution in [0.3, 0.4) is 0 Å². The molecule has 8 nitrogen and oxygen atoms in total. The van der Waals surface area contributed by atoms with Crippen LogP contribution in [0.5, 0.6) is 5.75 Å². The van der Waals surface area contributed by atoms with Crippen molar-refractivity contribution in [1.29, 1.82) is 0 Å². The van der Waals surface area contributed by atoms with E-state index in [1.54, 1.807) is 16.6 Å². The van der Waals surface area contributed by atoms with Gasteiger partial charge in [0.2, 0.25) is 11.9 Å². The number of alkyl halides is 3. The molecule has 3 heterocycles. The lowest BCUT2D eigenvalue weighted by Crippen LogP contribution is -2.33. The Morgan fingerprint density at radius 2 is 1.93 bits per heavy atom. The summed E-state index contributed by atoms with van der Waals surface area (Å²) in [7, 11) is 1.60. The van der Waals surface area contributed by atoms with E-state index in [4.69, 9.17) is 4.74 Å². The summed E-state index contributed by atoms with van der Waals surface area (Å²) in [6.45, 7) is 0.318. The molecule has 2 amide bonds. The minimum absolute atomic E-state index is 0.00704. The number of para-hydroxylation sites is 2. The van der Waals surface area contributed by atoms with E-state index >= 15 is 0 Å². The van der Waals surface area contributed by atoms with E-state index in [2.05, 4.69) is 15.3 Å². The lowest BCUT2D eigenvalue weighted by atomic mass is 10.1. The first-order valence-corrected chi connectivity index (χ1v) is 12.6. The second-order valence-corrected chi connectivity index (χ2v) is 9.58. The molecule has 6 rings (SSSR count). The molecule has 1 aliphatic heterocycles. The van der Waals surface area contributed by atoms with E-state index in [1.165, 1.54) is 12.1 Å². The van der Waals surface area contributed by atoms with E-state index in [9.17, 15) is 22.8 Å². The van der Waals surface area contributed by atoms with Crippen LogP contribution >= 0.6 is 0 Å². The number of hydrogen-bond acceptors (Lipinski definition) is 4. The Bertz CT molecular complexity index is 1760. The van der Waals surface area contributed by atoms with E-state index in [0.717, 1.165) is 34.3 Å². The molecule has 11 heteroatoms. The highest BCUT2D eigenvalue weighted by atomic mass is 19.4. The summed E-state index contributed by atoms with van der Waals surface area (Å²) in [5.74, 6) is 0.275. The second kappa shape index (κ2) is 9.74. The smallest absolute Gasteiger partial charge is 0.416 e. The maximum Gasteiger partial charge on any atom is 0.416 e. The number of imidazole rings is 1. The summed E-state index contributed by atoms with van der Waals surface area (Å²) >= 11 is 0. The van der Waals surface area contributed by atoms with Gasteiger partial charge in [0.15, 0.2) is 0 Å². The highest BCUT2D eigenvalue weighted by molar-refractivity contribution is 6.05. The van der Waals surface area contributed by atoms with E-state index in [-0.39, 0.29) is 18.0 Å². The van der Waals surface area contributed by atoms with Crippen LogP contribution in [0, 0.1) is 0 Å². The Kier molecular flexibility index (Phi) is 6.21. The van der Waals surface area contributed by atoms with E-state index in [1.807, 2.05) is 48.7 Å². The summed E-state index contributed by atoms with van der Waals surface area (Å²) in [5, 5.41) is 3.50. The van der Waals surface area contributed by atoms with Crippen molar-refractivity contribution in [3.63, 3.8) is 0 Å². The normalized spacial score (nSPS) is 15.2. The van der Waals surface area contributed by atoms with Gasteiger partial charge in [0.25, 0.3) is 5.91 Å². The van der Waals surface area contributed by atoms with Crippen molar-refractivity contribution >= 4 is 45.4 Å². The lowest BCUT2D eigenvalue weighted by molar-refractivity contribution is -0.137. The molecule has 5 aromatic rings. The van der Waals surface area contributed by atoms with Crippen LogP contribution in [0.15, 0.2) is 72.9 Å². The Hall–Kier alpha value is -4.80. The molecule has 2 N–H and O–H groups in total. The van der Waals surface area contributed by atoms with Crippen LogP contribution in [-0.4, -0.2) is 40.0 Å². The number of H-pyrrole nitrogens is 1. The number of nitrogens with one attached hydrogen (secondary N) is 2. The van der Waals surface area contributed by atoms with Crippen LogP contribution < -0.4 is 15.0 Å². The molecule has 1 unspecified atom stereocenters. The van der Waals surface area contributed by atoms with Crippen LogP contribution in [0.1, 0.15) is 23.6 Å². The molecule has 0 saturated heterocycles. The number of carbonyl (C=O) groups is 2. The van der Waals surface area contributed by atoms with Crippen molar-refractivity contribution in [3.8, 4) is 5.75 Å². The number of amides is 2. The number of benzene rings is 3. The number of fused-ring (bicyclic) bond motifs is 4. The maximum atomic E-state index is 13.7. The summed E-state index contributed by atoms with van der Waals surface area (Å²) in [6, 6.07) is 16.6. The standard InChI is InChI=1S/C29H24F3N5O3/c1-40-20-9-10-22-21(14-20)17(16-33-22)11-12-36-27(39)25(37-24-8-3-2-7-23(24)35-28(36)37)15-26(38)34-19-6-4-5-18(13-19)29(30,31)32/h2-10,13-14,16,25,33H,11-12,15H2,1H3,(H,34,38). The van der Waals surface area contributed by atoms with Crippen LogP contribution in [0.2, 0.25) is 0 Å².